The maximum atomic E-state index is 14.4. The minimum atomic E-state index is -0.545. The number of nitrogens with two attached hydrogens (primary N) is 2. The standard InChI is InChI=1S/C19H16F2N4S.CH3NO/c1-24-19(23)26-18-8-14(18)13-6-11(2-4-15(13)20)7-16(21)17-5-3-12(9-22)10-25-17;2-1-3/h2-7,10,14,18H,8H2,1H3,(H2,23,24);1H,(H2,2,3)/b16-7-;. The van der Waals surface area contributed by atoms with Gasteiger partial charge in [0.25, 0.3) is 0 Å². The van der Waals surface area contributed by atoms with Crippen molar-refractivity contribution in [2.45, 2.75) is 17.6 Å². The van der Waals surface area contributed by atoms with Crippen LogP contribution in [0.4, 0.5) is 8.78 Å². The molecule has 4 N–H and O–H groups in total. The van der Waals surface area contributed by atoms with E-state index in [1.54, 1.807) is 13.1 Å². The number of hydrogen-bond acceptors (Lipinski definition) is 5. The van der Waals surface area contributed by atoms with E-state index in [2.05, 4.69) is 15.7 Å². The van der Waals surface area contributed by atoms with Crippen LogP contribution >= 0.6 is 11.8 Å². The summed E-state index contributed by atoms with van der Waals surface area (Å²) in [6, 6.07) is 9.39. The zero-order valence-corrected chi connectivity index (χ0v) is 16.4. The molecule has 150 valence electrons. The van der Waals surface area contributed by atoms with Gasteiger partial charge in [0.15, 0.2) is 5.17 Å². The molecule has 1 aliphatic carbocycles. The second-order valence-corrected chi connectivity index (χ2v) is 7.27. The summed E-state index contributed by atoms with van der Waals surface area (Å²) in [4.78, 5) is 16.4. The first-order chi connectivity index (χ1) is 13.9. The van der Waals surface area contributed by atoms with Gasteiger partial charge in [0.1, 0.15) is 17.7 Å². The fourth-order valence-electron chi connectivity index (χ4n) is 2.59. The van der Waals surface area contributed by atoms with E-state index < -0.39 is 5.83 Å². The molecule has 0 bridgehead atoms. The molecule has 0 radical (unpaired) electrons. The van der Waals surface area contributed by atoms with E-state index in [1.807, 2.05) is 6.07 Å². The molecule has 1 amide bonds. The fourth-order valence-corrected chi connectivity index (χ4v) is 3.62. The molecule has 1 aliphatic rings. The number of primary amides is 1. The molecule has 2 unspecified atom stereocenters. The Kier molecular flexibility index (Phi) is 7.86. The van der Waals surface area contributed by atoms with E-state index in [0.717, 1.165) is 6.42 Å². The molecule has 29 heavy (non-hydrogen) atoms. The Hall–Kier alpha value is -3.25. The van der Waals surface area contributed by atoms with Crippen LogP contribution in [0.1, 0.15) is 34.7 Å². The Balaban J connectivity index is 0.000000941. The van der Waals surface area contributed by atoms with Gasteiger partial charge in [-0.1, -0.05) is 17.8 Å². The Labute approximate surface area is 171 Å². The van der Waals surface area contributed by atoms with Crippen LogP contribution in [0.25, 0.3) is 11.9 Å². The van der Waals surface area contributed by atoms with Crippen LogP contribution in [-0.2, 0) is 4.79 Å². The fraction of sp³-hybridized carbons (Fsp3) is 0.200. The molecular weight excluding hydrogens is 396 g/mol. The third kappa shape index (κ3) is 6.12. The number of thioether (sulfide) groups is 1. The Morgan fingerprint density at radius 2 is 2.14 bits per heavy atom. The molecule has 6 nitrogen and oxygen atoms in total. The summed E-state index contributed by atoms with van der Waals surface area (Å²) in [7, 11) is 1.62. The van der Waals surface area contributed by atoms with Crippen LogP contribution in [0.3, 0.4) is 0 Å². The van der Waals surface area contributed by atoms with Gasteiger partial charge in [-0.25, -0.2) is 8.78 Å². The van der Waals surface area contributed by atoms with Gasteiger partial charge >= 0.3 is 0 Å². The van der Waals surface area contributed by atoms with Crippen molar-refractivity contribution in [1.82, 2.24) is 4.98 Å². The topological polar surface area (TPSA) is 118 Å². The molecule has 1 aromatic heterocycles. The van der Waals surface area contributed by atoms with E-state index in [9.17, 15) is 8.78 Å². The quantitative estimate of drug-likeness (QED) is 0.452. The summed E-state index contributed by atoms with van der Waals surface area (Å²) in [5.74, 6) is -0.806. The lowest BCUT2D eigenvalue weighted by atomic mass is 10.1. The third-order valence-electron chi connectivity index (χ3n) is 4.07. The molecule has 1 aromatic carbocycles. The number of aliphatic imine (C=N–C) groups is 1. The first-order valence-electron chi connectivity index (χ1n) is 8.50. The van der Waals surface area contributed by atoms with Crippen LogP contribution in [-0.4, -0.2) is 28.9 Å². The van der Waals surface area contributed by atoms with Crippen molar-refractivity contribution >= 4 is 35.2 Å². The maximum absolute atomic E-state index is 14.4. The van der Waals surface area contributed by atoms with Gasteiger partial charge in [0, 0.05) is 24.4 Å². The second-order valence-electron chi connectivity index (χ2n) is 6.01. The monoisotopic (exact) mass is 415 g/mol. The van der Waals surface area contributed by atoms with Gasteiger partial charge in [-0.15, -0.1) is 0 Å². The number of hydrogen-bond donors (Lipinski definition) is 2. The average Bonchev–Trinajstić information content (AvgIpc) is 3.48. The van der Waals surface area contributed by atoms with Crippen molar-refractivity contribution < 1.29 is 13.6 Å². The number of nitriles is 1. The normalized spacial score (nSPS) is 18.3. The van der Waals surface area contributed by atoms with E-state index in [-0.39, 0.29) is 29.1 Å². The SMILES string of the molecule is CN=C(N)SC1CC1c1cc(/C=C(\F)c2ccc(C#N)cn2)ccc1F.NC=O. The van der Waals surface area contributed by atoms with E-state index >= 15 is 0 Å². The average molecular weight is 415 g/mol. The highest BCUT2D eigenvalue weighted by Crippen LogP contribution is 2.50. The lowest BCUT2D eigenvalue weighted by Crippen LogP contribution is -2.07. The lowest BCUT2D eigenvalue weighted by molar-refractivity contribution is -0.106. The summed E-state index contributed by atoms with van der Waals surface area (Å²) in [5.41, 5.74) is 11.5. The number of nitrogens with zero attached hydrogens (tertiary/aromatic N) is 3. The second kappa shape index (κ2) is 10.3. The lowest BCUT2D eigenvalue weighted by Gasteiger charge is -2.05. The van der Waals surface area contributed by atoms with Gasteiger partial charge in [0.05, 0.1) is 11.3 Å². The van der Waals surface area contributed by atoms with Crippen molar-refractivity contribution in [1.29, 1.82) is 5.26 Å². The highest BCUT2D eigenvalue weighted by Gasteiger charge is 2.41. The van der Waals surface area contributed by atoms with Crippen LogP contribution in [0.15, 0.2) is 41.5 Å². The Morgan fingerprint density at radius 3 is 2.72 bits per heavy atom. The molecule has 2 atom stereocenters. The van der Waals surface area contributed by atoms with E-state index in [1.165, 1.54) is 48.3 Å². The predicted octanol–water partition coefficient (Wildman–Crippen LogP) is 3.20. The molecule has 3 rings (SSSR count). The van der Waals surface area contributed by atoms with Crippen LogP contribution in [0.2, 0.25) is 0 Å². The van der Waals surface area contributed by atoms with E-state index in [0.29, 0.717) is 21.9 Å². The summed E-state index contributed by atoms with van der Waals surface area (Å²) < 4.78 is 28.6. The third-order valence-corrected chi connectivity index (χ3v) is 5.32. The highest BCUT2D eigenvalue weighted by molar-refractivity contribution is 8.14. The molecule has 0 aliphatic heterocycles. The Bertz CT molecular complexity index is 970. The molecule has 0 spiro atoms. The minimum absolute atomic E-state index is 0.0461. The number of amidine groups is 1. The molecule has 1 saturated carbocycles. The van der Waals surface area contributed by atoms with Crippen molar-refractivity contribution in [3.05, 3.63) is 64.7 Å². The zero-order valence-electron chi connectivity index (χ0n) is 15.5. The van der Waals surface area contributed by atoms with Crippen LogP contribution in [0, 0.1) is 17.1 Å². The molecule has 0 saturated heterocycles. The first-order valence-corrected chi connectivity index (χ1v) is 9.38. The number of aromatic nitrogens is 1. The zero-order chi connectivity index (χ0) is 21.4. The molecular formula is C20H19F2N5OS. The maximum Gasteiger partial charge on any atom is 0.204 e. The highest BCUT2D eigenvalue weighted by atomic mass is 32.2. The number of carbonyl (C=O) groups excluding carboxylic acids is 1. The molecule has 1 fully saturated rings. The van der Waals surface area contributed by atoms with E-state index in [4.69, 9.17) is 15.8 Å². The van der Waals surface area contributed by atoms with Crippen molar-refractivity contribution in [3.8, 4) is 6.07 Å². The smallest absolute Gasteiger partial charge is 0.204 e. The number of rotatable bonds is 4. The Morgan fingerprint density at radius 1 is 1.41 bits per heavy atom. The van der Waals surface area contributed by atoms with Crippen molar-refractivity contribution in [2.24, 2.45) is 16.5 Å². The van der Waals surface area contributed by atoms with Gasteiger partial charge < -0.3 is 11.5 Å². The van der Waals surface area contributed by atoms with Gasteiger partial charge in [-0.3, -0.25) is 14.8 Å². The van der Waals surface area contributed by atoms with Crippen LogP contribution in [0.5, 0.6) is 0 Å². The summed E-state index contributed by atoms with van der Waals surface area (Å²) in [6.45, 7) is 0. The number of benzene rings is 1. The van der Waals surface area contributed by atoms with Crippen molar-refractivity contribution in [3.63, 3.8) is 0 Å². The van der Waals surface area contributed by atoms with Gasteiger partial charge in [0.2, 0.25) is 6.41 Å². The van der Waals surface area contributed by atoms with Crippen molar-refractivity contribution in [2.75, 3.05) is 7.05 Å². The summed E-state index contributed by atoms with van der Waals surface area (Å²) in [5, 5.41) is 9.43. The number of halogens is 2. The molecule has 9 heteroatoms. The van der Waals surface area contributed by atoms with Crippen LogP contribution < -0.4 is 11.5 Å². The molecule has 1 heterocycles. The molecule has 2 aromatic rings. The summed E-state index contributed by atoms with van der Waals surface area (Å²) >= 11 is 1.43. The summed E-state index contributed by atoms with van der Waals surface area (Å²) in [6.07, 6.45) is 3.68. The van der Waals surface area contributed by atoms with Gasteiger partial charge in [-0.05, 0) is 47.9 Å². The minimum Gasteiger partial charge on any atom is -0.379 e. The first kappa shape index (κ1) is 22.0. The number of pyridine rings is 1. The van der Waals surface area contributed by atoms with Gasteiger partial charge in [-0.2, -0.15) is 5.26 Å². The largest absolute Gasteiger partial charge is 0.379 e. The predicted molar refractivity (Wildman–Crippen MR) is 111 cm³/mol. The number of carbonyl (C=O) groups is 1. The number of amides is 1.